The molecule has 0 saturated heterocycles. The van der Waals surface area contributed by atoms with Crippen LogP contribution in [0.25, 0.3) is 11.4 Å². The van der Waals surface area contributed by atoms with Crippen molar-refractivity contribution < 1.29 is 27.9 Å². The zero-order valence-electron chi connectivity index (χ0n) is 14.9. The second-order valence-electron chi connectivity index (χ2n) is 5.46. The molecule has 3 rings (SSSR count). The lowest BCUT2D eigenvalue weighted by Gasteiger charge is -2.07. The van der Waals surface area contributed by atoms with Crippen LogP contribution < -0.4 is 9.47 Å². The van der Waals surface area contributed by atoms with Crippen molar-refractivity contribution in [1.82, 2.24) is 10.1 Å². The fourth-order valence-corrected chi connectivity index (χ4v) is 2.60. The minimum absolute atomic E-state index is 0.0484. The Morgan fingerprint density at radius 3 is 2.79 bits per heavy atom. The van der Waals surface area contributed by atoms with Crippen LogP contribution in [0.1, 0.15) is 12.8 Å². The van der Waals surface area contributed by atoms with Gasteiger partial charge in [-0.25, -0.2) is 9.18 Å². The van der Waals surface area contributed by atoms with Crippen molar-refractivity contribution in [3.05, 3.63) is 58.6 Å². The van der Waals surface area contributed by atoms with E-state index in [1.807, 2.05) is 19.1 Å². The van der Waals surface area contributed by atoms with Crippen LogP contribution in [0.4, 0.5) is 4.39 Å². The predicted molar refractivity (Wildman–Crippen MR) is 100 cm³/mol. The molecular weight excluding hydrogens is 435 g/mol. The maximum Gasteiger partial charge on any atom is 0.344 e. The molecule has 0 radical (unpaired) electrons. The second kappa shape index (κ2) is 9.32. The summed E-state index contributed by atoms with van der Waals surface area (Å²) in [5, 5.41) is 3.88. The van der Waals surface area contributed by atoms with E-state index in [4.69, 9.17) is 18.7 Å². The number of benzene rings is 2. The number of para-hydroxylation sites is 1. The predicted octanol–water partition coefficient (Wildman–Crippen LogP) is 4.16. The van der Waals surface area contributed by atoms with E-state index in [-0.39, 0.29) is 18.2 Å². The van der Waals surface area contributed by atoms with Gasteiger partial charge in [-0.1, -0.05) is 33.2 Å². The maximum absolute atomic E-state index is 13.7. The van der Waals surface area contributed by atoms with Crippen LogP contribution in [0, 0.1) is 5.82 Å². The van der Waals surface area contributed by atoms with E-state index in [2.05, 4.69) is 26.1 Å². The van der Waals surface area contributed by atoms with Gasteiger partial charge in [-0.05, 0) is 37.3 Å². The van der Waals surface area contributed by atoms with Gasteiger partial charge in [-0.3, -0.25) is 0 Å². The Morgan fingerprint density at radius 2 is 2.00 bits per heavy atom. The number of esters is 1. The number of carbonyl (C=O) groups excluding carboxylic acids is 1. The number of hydrogen-bond donors (Lipinski definition) is 0. The lowest BCUT2D eigenvalue weighted by molar-refractivity contribution is -0.148. The van der Waals surface area contributed by atoms with E-state index in [1.165, 1.54) is 12.1 Å². The van der Waals surface area contributed by atoms with Crippen LogP contribution in [0.3, 0.4) is 0 Å². The first kappa shape index (κ1) is 19.8. The fourth-order valence-electron chi connectivity index (χ4n) is 2.27. The summed E-state index contributed by atoms with van der Waals surface area (Å²) in [5.74, 6) is -0.270. The number of halogens is 2. The normalized spacial score (nSPS) is 10.5. The van der Waals surface area contributed by atoms with Gasteiger partial charge in [0.05, 0.1) is 12.2 Å². The summed E-state index contributed by atoms with van der Waals surface area (Å²) >= 11 is 3.14. The maximum atomic E-state index is 13.7. The van der Waals surface area contributed by atoms with Gasteiger partial charge in [0.2, 0.25) is 5.82 Å². The highest BCUT2D eigenvalue weighted by Gasteiger charge is 2.15. The van der Waals surface area contributed by atoms with Crippen molar-refractivity contribution >= 4 is 21.9 Å². The van der Waals surface area contributed by atoms with Gasteiger partial charge in [0.1, 0.15) is 5.75 Å². The Kier molecular flexibility index (Phi) is 6.59. The van der Waals surface area contributed by atoms with E-state index in [1.54, 1.807) is 18.2 Å². The molecule has 3 aromatic rings. The van der Waals surface area contributed by atoms with Gasteiger partial charge in [0.15, 0.2) is 24.8 Å². The van der Waals surface area contributed by atoms with Gasteiger partial charge >= 0.3 is 5.97 Å². The topological polar surface area (TPSA) is 83.7 Å². The van der Waals surface area contributed by atoms with Crippen molar-refractivity contribution in [1.29, 1.82) is 0 Å². The van der Waals surface area contributed by atoms with E-state index in [0.717, 1.165) is 0 Å². The van der Waals surface area contributed by atoms with Crippen LogP contribution >= 0.6 is 15.9 Å². The van der Waals surface area contributed by atoms with Gasteiger partial charge in [0.25, 0.3) is 5.89 Å². The van der Waals surface area contributed by atoms with E-state index in [9.17, 15) is 9.18 Å². The molecule has 0 atom stereocenters. The number of aromatic nitrogens is 2. The molecule has 0 aliphatic rings. The molecule has 0 saturated carbocycles. The molecule has 1 aromatic heterocycles. The molecule has 2 aromatic carbocycles. The monoisotopic (exact) mass is 450 g/mol. The van der Waals surface area contributed by atoms with Crippen molar-refractivity contribution in [3.63, 3.8) is 0 Å². The molecule has 0 bridgehead atoms. The largest absolute Gasteiger partial charge is 0.493 e. The summed E-state index contributed by atoms with van der Waals surface area (Å²) in [6.07, 6.45) is 0. The zero-order chi connectivity index (χ0) is 19.9. The lowest BCUT2D eigenvalue weighted by atomic mass is 10.2. The van der Waals surface area contributed by atoms with Crippen molar-refractivity contribution in [2.75, 3.05) is 13.2 Å². The van der Waals surface area contributed by atoms with Crippen LogP contribution in [-0.4, -0.2) is 29.3 Å². The van der Waals surface area contributed by atoms with Gasteiger partial charge in [-0.15, -0.1) is 0 Å². The Labute approximate surface area is 168 Å². The third-order valence-corrected chi connectivity index (χ3v) is 3.99. The lowest BCUT2D eigenvalue weighted by Crippen LogP contribution is -2.15. The van der Waals surface area contributed by atoms with Crippen molar-refractivity contribution in [2.45, 2.75) is 13.5 Å². The molecular formula is C19H16BrFN2O5. The number of nitrogens with zero attached hydrogens (tertiary/aromatic N) is 2. The average molecular weight is 451 g/mol. The molecule has 0 spiro atoms. The minimum Gasteiger partial charge on any atom is -0.493 e. The molecule has 0 unspecified atom stereocenters. The number of rotatable bonds is 8. The van der Waals surface area contributed by atoms with Crippen molar-refractivity contribution in [3.8, 4) is 22.9 Å². The van der Waals surface area contributed by atoms with E-state index in [0.29, 0.717) is 28.2 Å². The van der Waals surface area contributed by atoms with Gasteiger partial charge in [-0.2, -0.15) is 4.98 Å². The standard InChI is InChI=1S/C19H16BrFN2O5/c1-2-25-15-6-4-3-5-13(15)19-22-17(28-23-19)10-27-18(24)11-26-16-8-7-12(20)9-14(16)21/h3-9H,2,10-11H2,1H3. The molecule has 1 heterocycles. The van der Waals surface area contributed by atoms with Gasteiger partial charge < -0.3 is 18.7 Å². The van der Waals surface area contributed by atoms with Crippen LogP contribution in [-0.2, 0) is 16.1 Å². The highest BCUT2D eigenvalue weighted by Crippen LogP contribution is 2.27. The molecule has 146 valence electrons. The Bertz CT molecular complexity index is 963. The van der Waals surface area contributed by atoms with Crippen LogP contribution in [0.5, 0.6) is 11.5 Å². The molecule has 9 heteroatoms. The molecule has 0 aliphatic heterocycles. The highest BCUT2D eigenvalue weighted by atomic mass is 79.9. The third kappa shape index (κ3) is 5.07. The SMILES string of the molecule is CCOc1ccccc1-c1noc(COC(=O)COc2ccc(Br)cc2F)n1. The molecule has 0 N–H and O–H groups in total. The average Bonchev–Trinajstić information content (AvgIpc) is 3.15. The summed E-state index contributed by atoms with van der Waals surface area (Å²) in [5.41, 5.74) is 0.666. The molecule has 0 fully saturated rings. The zero-order valence-corrected chi connectivity index (χ0v) is 16.4. The smallest absolute Gasteiger partial charge is 0.344 e. The summed E-state index contributed by atoms with van der Waals surface area (Å²) in [6, 6.07) is 11.5. The summed E-state index contributed by atoms with van der Waals surface area (Å²) in [7, 11) is 0. The first-order chi connectivity index (χ1) is 13.6. The Hall–Kier alpha value is -2.94. The minimum atomic E-state index is -0.697. The quantitative estimate of drug-likeness (QED) is 0.476. The van der Waals surface area contributed by atoms with E-state index >= 15 is 0 Å². The number of carbonyl (C=O) groups is 1. The third-order valence-electron chi connectivity index (χ3n) is 3.49. The highest BCUT2D eigenvalue weighted by molar-refractivity contribution is 9.10. The summed E-state index contributed by atoms with van der Waals surface area (Å²) in [6.45, 7) is 1.69. The first-order valence-electron chi connectivity index (χ1n) is 8.35. The van der Waals surface area contributed by atoms with Gasteiger partial charge in [0, 0.05) is 4.47 Å². The molecule has 7 nitrogen and oxygen atoms in total. The summed E-state index contributed by atoms with van der Waals surface area (Å²) < 4.78 is 35.0. The Balaban J connectivity index is 1.55. The fraction of sp³-hybridized carbons (Fsp3) is 0.211. The molecule has 28 heavy (non-hydrogen) atoms. The molecule has 0 aliphatic carbocycles. The summed E-state index contributed by atoms with van der Waals surface area (Å²) in [4.78, 5) is 16.0. The van der Waals surface area contributed by atoms with E-state index < -0.39 is 18.4 Å². The van der Waals surface area contributed by atoms with Crippen molar-refractivity contribution in [2.24, 2.45) is 0 Å². The second-order valence-corrected chi connectivity index (χ2v) is 6.38. The molecule has 0 amide bonds. The number of hydrogen-bond acceptors (Lipinski definition) is 7. The number of ether oxygens (including phenoxy) is 3. The van der Waals surface area contributed by atoms with Crippen LogP contribution in [0.2, 0.25) is 0 Å². The van der Waals surface area contributed by atoms with Crippen LogP contribution in [0.15, 0.2) is 51.5 Å². The Morgan fingerprint density at radius 1 is 1.18 bits per heavy atom. The first-order valence-corrected chi connectivity index (χ1v) is 9.14.